The third-order valence-electron chi connectivity index (χ3n) is 16.5. The van der Waals surface area contributed by atoms with Gasteiger partial charge in [0.05, 0.1) is 73.9 Å². The van der Waals surface area contributed by atoms with Crippen molar-refractivity contribution in [3.05, 3.63) is 235 Å². The number of carbonyl (C=O) groups is 8. The zero-order valence-electron chi connectivity index (χ0n) is 63.1. The number of carboxylic acid groups (broad SMARTS) is 8. The van der Waals surface area contributed by atoms with Crippen molar-refractivity contribution in [3.8, 4) is 23.0 Å². The number of rotatable bonds is 32. The Labute approximate surface area is 967 Å². The van der Waals surface area contributed by atoms with Gasteiger partial charge in [0, 0.05) is 119 Å². The number of carbonyl (C=O) groups excluding carboxylic acids is 8. The SMILES string of the molecule is Cc1ccc(CN(CC(=O)[O-])c2cc3c(OCC(=O)[O-])c(c2)Cc2cc(N(CC(=O)[O-])Cc4ccc(C)cc4)cc(c2OCC(=O)[O-])Cc2cc(N(CC(=O)[O-])Cc4ccc(C)cc4)cc(c2OCC(=O)[O-])Cc2cc(N(CC(=O)[O-])Cc4ccc(C)cc4)cc(c2OCC(=O)[O-])C3)cc1.[K+].[K+].[K+].[K+].[K+].[K+].[K+].[K+]. The van der Waals surface area contributed by atoms with Crippen molar-refractivity contribution in [2.45, 2.75) is 79.6 Å². The number of anilines is 4. The minimum Gasteiger partial charge on any atom is -0.548 e. The third kappa shape index (κ3) is 33.7. The second-order valence-electron chi connectivity index (χ2n) is 24.6. The number of nitrogens with zero attached hydrogens (tertiary/aromatic N) is 4. The Morgan fingerprint density at radius 1 is 0.259 bits per heavy atom. The molecule has 0 unspecified atom stereocenters. The second-order valence-corrected chi connectivity index (χ2v) is 24.6. The van der Waals surface area contributed by atoms with Crippen LogP contribution in [0.15, 0.2) is 146 Å². The van der Waals surface area contributed by atoms with Gasteiger partial charge in [0.2, 0.25) is 0 Å². The number of hydrogen-bond acceptors (Lipinski definition) is 24. The van der Waals surface area contributed by atoms with Gasteiger partial charge in [0.15, 0.2) is 0 Å². The number of fused-ring (bicyclic) bond motifs is 8. The maximum Gasteiger partial charge on any atom is 1.00 e. The monoisotopic (exact) mass is 1670 g/mol. The van der Waals surface area contributed by atoms with Gasteiger partial charge >= 0.3 is 411 Å². The smallest absolute Gasteiger partial charge is 0.548 e. The number of aryl methyl sites for hydroxylation is 4. The van der Waals surface area contributed by atoms with Gasteiger partial charge in [0.1, 0.15) is 49.4 Å². The van der Waals surface area contributed by atoms with Crippen LogP contribution >= 0.6 is 0 Å². The largest absolute Gasteiger partial charge is 1.00 e. The zero-order valence-corrected chi connectivity index (χ0v) is 88.1. The molecule has 108 heavy (non-hydrogen) atoms. The molecule has 0 heterocycles. The summed E-state index contributed by atoms with van der Waals surface area (Å²) in [5.74, 6) is -13.9. The molecule has 8 aromatic carbocycles. The van der Waals surface area contributed by atoms with Crippen molar-refractivity contribution >= 4 is 70.5 Å². The summed E-state index contributed by atoms with van der Waals surface area (Å²) in [6.07, 6.45) is -1.98. The molecule has 9 rings (SSSR count). The summed E-state index contributed by atoms with van der Waals surface area (Å²) in [5.41, 5.74) is 6.71. The van der Waals surface area contributed by atoms with Gasteiger partial charge in [-0.2, -0.15) is 0 Å². The van der Waals surface area contributed by atoms with E-state index in [0.29, 0.717) is 22.3 Å². The average Bonchev–Trinajstić information content (AvgIpc) is 0.767. The molecule has 8 aromatic rings. The topological polar surface area (TPSA) is 371 Å². The Bertz CT molecular complexity index is 3760. The average molecular weight is 1670 g/mol. The molecular weight excluding hydrogens is 1600 g/mol. The fourth-order valence-corrected chi connectivity index (χ4v) is 12.0. The zero-order chi connectivity index (χ0) is 71.9. The molecule has 1 aliphatic carbocycles. The first-order valence-electron chi connectivity index (χ1n) is 31.6. The molecule has 520 valence electrons. The molecule has 0 aliphatic heterocycles. The van der Waals surface area contributed by atoms with Crippen LogP contribution in [0.1, 0.15) is 89.0 Å². The molecule has 0 saturated carbocycles. The molecule has 0 N–H and O–H groups in total. The molecular formula is C76H68K8N4O20. The van der Waals surface area contributed by atoms with E-state index in [1.54, 1.807) is 48.5 Å². The van der Waals surface area contributed by atoms with Crippen molar-refractivity contribution < 1.29 is 509 Å². The maximum absolute atomic E-state index is 13.0. The van der Waals surface area contributed by atoms with Gasteiger partial charge in [-0.15, -0.1) is 0 Å². The van der Waals surface area contributed by atoms with E-state index >= 15 is 0 Å². The molecule has 8 bridgehead atoms. The fourth-order valence-electron chi connectivity index (χ4n) is 12.0. The van der Waals surface area contributed by atoms with Crippen LogP contribution in [0.4, 0.5) is 22.7 Å². The summed E-state index contributed by atoms with van der Waals surface area (Å²) in [5, 5.41) is 103. The fraction of sp³-hybridized carbons (Fsp3) is 0.263. The first kappa shape index (κ1) is 107. The molecule has 32 heteroatoms. The minimum absolute atomic E-state index is 0. The van der Waals surface area contributed by atoms with Gasteiger partial charge in [-0.3, -0.25) is 0 Å². The van der Waals surface area contributed by atoms with Crippen molar-refractivity contribution in [3.63, 3.8) is 0 Å². The molecule has 0 spiro atoms. The van der Waals surface area contributed by atoms with E-state index in [0.717, 1.165) is 22.3 Å². The summed E-state index contributed by atoms with van der Waals surface area (Å²) >= 11 is 0. The quantitative estimate of drug-likeness (QED) is 0.0353. The first-order chi connectivity index (χ1) is 47.7. The van der Waals surface area contributed by atoms with Gasteiger partial charge in [-0.05, 0) is 98.5 Å². The maximum atomic E-state index is 13.0. The van der Waals surface area contributed by atoms with Crippen molar-refractivity contribution in [1.82, 2.24) is 0 Å². The number of benzene rings is 8. The third-order valence-corrected chi connectivity index (χ3v) is 16.5. The van der Waals surface area contributed by atoms with E-state index in [1.807, 2.05) is 76.2 Å². The Morgan fingerprint density at radius 3 is 0.537 bits per heavy atom. The Hall–Kier alpha value is 1.01. The molecule has 0 aromatic heterocycles. The van der Waals surface area contributed by atoms with E-state index in [9.17, 15) is 79.2 Å². The van der Waals surface area contributed by atoms with E-state index < -0.39 is 126 Å². The molecule has 0 amide bonds. The van der Waals surface area contributed by atoms with Crippen LogP contribution in [0.5, 0.6) is 23.0 Å². The van der Waals surface area contributed by atoms with Gasteiger partial charge in [-0.1, -0.05) is 119 Å². The molecule has 0 atom stereocenters. The van der Waals surface area contributed by atoms with E-state index in [4.69, 9.17) is 18.9 Å². The second kappa shape index (κ2) is 52.8. The van der Waals surface area contributed by atoms with Crippen molar-refractivity contribution in [1.29, 1.82) is 0 Å². The number of aliphatic carboxylic acids is 8. The van der Waals surface area contributed by atoms with E-state index in [2.05, 4.69) is 0 Å². The van der Waals surface area contributed by atoms with Gasteiger partial charge in [0.25, 0.3) is 0 Å². The van der Waals surface area contributed by atoms with E-state index in [1.165, 1.54) is 68.1 Å². The van der Waals surface area contributed by atoms with Crippen LogP contribution < -0.4 is 490 Å². The van der Waals surface area contributed by atoms with Crippen molar-refractivity contribution in [2.75, 3.05) is 72.2 Å². The Morgan fingerprint density at radius 2 is 0.407 bits per heavy atom. The van der Waals surface area contributed by atoms with Crippen LogP contribution in [-0.4, -0.2) is 100 Å². The van der Waals surface area contributed by atoms with Crippen LogP contribution in [0.2, 0.25) is 0 Å². The van der Waals surface area contributed by atoms with Gasteiger partial charge in [-0.25, -0.2) is 0 Å². The molecule has 0 fully saturated rings. The summed E-state index contributed by atoms with van der Waals surface area (Å²) < 4.78 is 25.1. The number of carboxylic acids is 8. The predicted octanol–water partition coefficient (Wildman–Crippen LogP) is -24.8. The Balaban J connectivity index is 0.00000729. The number of ether oxygens (including phenoxy) is 4. The van der Waals surface area contributed by atoms with Crippen molar-refractivity contribution in [2.24, 2.45) is 0 Å². The van der Waals surface area contributed by atoms with Crippen LogP contribution in [-0.2, 0) is 90.2 Å². The predicted molar refractivity (Wildman–Crippen MR) is 348 cm³/mol. The number of hydrogen-bond donors (Lipinski definition) is 0. The minimum atomic E-state index is -1.72. The normalized spacial score (nSPS) is 10.7. The molecule has 24 nitrogen and oxygen atoms in total. The van der Waals surface area contributed by atoms with Crippen LogP contribution in [0.3, 0.4) is 0 Å². The van der Waals surface area contributed by atoms with Crippen LogP contribution in [0, 0.1) is 27.7 Å². The summed E-state index contributed by atoms with van der Waals surface area (Å²) in [4.78, 5) is 109. The van der Waals surface area contributed by atoms with Gasteiger partial charge < -0.3 is 118 Å². The first-order valence-corrected chi connectivity index (χ1v) is 31.6. The summed E-state index contributed by atoms with van der Waals surface area (Å²) in [7, 11) is 0. The Kier molecular flexibility index (Phi) is 52.4. The van der Waals surface area contributed by atoms with Crippen LogP contribution in [0.25, 0.3) is 0 Å². The molecule has 0 radical (unpaired) electrons. The summed E-state index contributed by atoms with van der Waals surface area (Å²) in [6.45, 7) is -0.637. The molecule has 1 aliphatic rings. The molecule has 0 saturated heterocycles. The van der Waals surface area contributed by atoms with E-state index in [-0.39, 0.29) is 528 Å². The standard InChI is InChI=1S/C76H76N4O20.8K/c1-45-5-13-49(14-6-45)33-77(37-65(81)82)61-25-53-21-55-27-62(78(38-66(83)84)34-50-15-7-46(2)8-16-50)29-57(74(55)98-42-70(91)92)23-59-31-64(80(40-68(87)88)36-52-19-11-48(4)12-20-52)32-60(76(59)100-44-72(95)96)24-58-30-63(79(39-67(85)86)35-51-17-9-47(3)10-18-51)28-56(75(58)99-43-71(93)94)22-54(26-61)73(53)97-41-69(89)90;;;;;;;;/h5-20,25-32H,21-24,33-44H2,1-4H3,(H,81,82)(H,83,84)(H,85,86)(H,87,88)(H,89,90)(H,91,92)(H,93,94)(H,95,96);;;;;;;;/q;8*+1/p-8. The summed E-state index contributed by atoms with van der Waals surface area (Å²) in [6, 6.07) is 40.5.